The van der Waals surface area contributed by atoms with E-state index < -0.39 is 115 Å². The SMILES string of the molecule is COc1ccc(OC[C@H]2O[C@@H](OCc3ccccc3)[C@H]3[C@H](OS(=O)(=O)N3C(C)=O)[C@@H]2O[C@@H]2O[C@H](COC(=O)c3ccccc3)[C@H](OC(=O)c3ccccc3)[C@H](OC(=O)c3ccccc3)[C@H]2OC(=O)c2ccccc2)cc1. The van der Waals surface area contributed by atoms with Crippen molar-refractivity contribution >= 4 is 40.1 Å². The lowest BCUT2D eigenvalue weighted by Crippen LogP contribution is -2.67. The van der Waals surface area contributed by atoms with Crippen LogP contribution in [0.3, 0.4) is 0 Å². The molecule has 0 unspecified atom stereocenters. The largest absolute Gasteiger partial charge is 0.497 e. The number of methoxy groups -OCH3 is 1. The Labute approximate surface area is 437 Å². The van der Waals surface area contributed by atoms with Gasteiger partial charge in [0.05, 0.1) is 36.0 Å². The first-order valence-electron chi connectivity index (χ1n) is 24.0. The van der Waals surface area contributed by atoms with Crippen molar-refractivity contribution in [3.05, 3.63) is 204 Å². The third-order valence-corrected chi connectivity index (χ3v) is 13.9. The summed E-state index contributed by atoms with van der Waals surface area (Å²) in [4.78, 5) is 69.9. The lowest BCUT2D eigenvalue weighted by Gasteiger charge is -2.48. The molecule has 6 aromatic rings. The Morgan fingerprint density at radius 2 is 0.961 bits per heavy atom. The summed E-state index contributed by atoms with van der Waals surface area (Å²) >= 11 is 0. The maximum Gasteiger partial charge on any atom is 0.365 e. The number of ether oxygens (including phenoxy) is 10. The van der Waals surface area contributed by atoms with Crippen LogP contribution >= 0.6 is 0 Å². The van der Waals surface area contributed by atoms with Crippen LogP contribution in [0.5, 0.6) is 11.5 Å². The smallest absolute Gasteiger partial charge is 0.365 e. The van der Waals surface area contributed by atoms with Crippen molar-refractivity contribution in [2.24, 2.45) is 0 Å². The molecule has 3 aliphatic rings. The molecule has 10 atom stereocenters. The molecule has 3 saturated heterocycles. The zero-order valence-electron chi connectivity index (χ0n) is 40.8. The summed E-state index contributed by atoms with van der Waals surface area (Å²) in [5.41, 5.74) is 0.956. The van der Waals surface area contributed by atoms with E-state index in [0.29, 0.717) is 21.4 Å². The van der Waals surface area contributed by atoms with Crippen LogP contribution in [0.1, 0.15) is 53.9 Å². The van der Waals surface area contributed by atoms with Gasteiger partial charge in [-0.1, -0.05) is 103 Å². The second kappa shape index (κ2) is 24.1. The van der Waals surface area contributed by atoms with E-state index >= 15 is 0 Å². The highest BCUT2D eigenvalue weighted by molar-refractivity contribution is 7.85. The maximum atomic E-state index is 14.4. The average Bonchev–Trinajstić information content (AvgIpc) is 3.81. The van der Waals surface area contributed by atoms with Gasteiger partial charge >= 0.3 is 34.2 Å². The van der Waals surface area contributed by atoms with Crippen LogP contribution in [0.4, 0.5) is 0 Å². The van der Waals surface area contributed by atoms with Gasteiger partial charge in [0, 0.05) is 6.92 Å². The molecule has 0 aliphatic carbocycles. The van der Waals surface area contributed by atoms with Crippen molar-refractivity contribution in [1.29, 1.82) is 0 Å². The van der Waals surface area contributed by atoms with Crippen LogP contribution in [0.2, 0.25) is 0 Å². The predicted molar refractivity (Wildman–Crippen MR) is 266 cm³/mol. The van der Waals surface area contributed by atoms with E-state index in [0.717, 1.165) is 6.92 Å². The number of benzene rings is 6. The van der Waals surface area contributed by atoms with E-state index in [1.807, 2.05) is 0 Å². The Kier molecular flexibility index (Phi) is 16.8. The molecular weight excluding hydrogens is 1010 g/mol. The molecule has 0 bridgehead atoms. The summed E-state index contributed by atoms with van der Waals surface area (Å²) < 4.78 is 96.9. The van der Waals surface area contributed by atoms with Crippen LogP contribution in [-0.2, 0) is 63.8 Å². The molecule has 394 valence electrons. The summed E-state index contributed by atoms with van der Waals surface area (Å²) in [7, 11) is -3.41. The van der Waals surface area contributed by atoms with Gasteiger partial charge in [0.1, 0.15) is 55.2 Å². The maximum absolute atomic E-state index is 14.4. The molecule has 6 aromatic carbocycles. The Balaban J connectivity index is 1.16. The molecule has 0 radical (unpaired) electrons. The zero-order valence-corrected chi connectivity index (χ0v) is 41.7. The number of hydrogen-bond acceptors (Lipinski definition) is 18. The number of carbonyl (C=O) groups excluding carboxylic acids is 5. The van der Waals surface area contributed by atoms with Gasteiger partial charge in [0.15, 0.2) is 30.9 Å². The van der Waals surface area contributed by atoms with E-state index in [4.69, 9.17) is 51.6 Å². The van der Waals surface area contributed by atoms with Crippen LogP contribution < -0.4 is 9.47 Å². The molecule has 3 fully saturated rings. The predicted octanol–water partition coefficient (Wildman–Crippen LogP) is 6.52. The second-order valence-corrected chi connectivity index (χ2v) is 18.9. The quantitative estimate of drug-likeness (QED) is 0.0660. The van der Waals surface area contributed by atoms with Gasteiger partial charge in [-0.3, -0.25) is 4.79 Å². The summed E-state index contributed by atoms with van der Waals surface area (Å²) in [5, 5.41) is 0. The molecule has 1 amide bonds. The van der Waals surface area contributed by atoms with E-state index in [-0.39, 0.29) is 28.9 Å². The minimum absolute atomic E-state index is 0.0266. The molecule has 3 aliphatic heterocycles. The first-order chi connectivity index (χ1) is 36.9. The van der Waals surface area contributed by atoms with Crippen molar-refractivity contribution in [2.45, 2.75) is 74.9 Å². The zero-order chi connectivity index (χ0) is 53.2. The van der Waals surface area contributed by atoms with Gasteiger partial charge in [-0.05, 0) is 78.4 Å². The molecule has 9 rings (SSSR count). The first-order valence-corrected chi connectivity index (χ1v) is 25.4. The van der Waals surface area contributed by atoms with Crippen molar-refractivity contribution in [2.75, 3.05) is 20.3 Å². The van der Waals surface area contributed by atoms with Crippen molar-refractivity contribution in [3.8, 4) is 11.5 Å². The van der Waals surface area contributed by atoms with Gasteiger partial charge in [-0.25, -0.2) is 27.7 Å². The van der Waals surface area contributed by atoms with Crippen LogP contribution in [0.25, 0.3) is 0 Å². The third-order valence-electron chi connectivity index (χ3n) is 12.4. The molecule has 76 heavy (non-hydrogen) atoms. The lowest BCUT2D eigenvalue weighted by atomic mass is 9.95. The van der Waals surface area contributed by atoms with Crippen molar-refractivity contribution in [3.63, 3.8) is 0 Å². The fraction of sp³-hybridized carbons (Fsp3) is 0.268. The number of fused-ring (bicyclic) bond motifs is 1. The highest BCUT2D eigenvalue weighted by Crippen LogP contribution is 2.41. The third kappa shape index (κ3) is 12.4. The molecule has 0 spiro atoms. The van der Waals surface area contributed by atoms with Crippen LogP contribution in [0, 0.1) is 0 Å². The molecule has 0 N–H and O–H groups in total. The van der Waals surface area contributed by atoms with Gasteiger partial charge < -0.3 is 47.4 Å². The number of carbonyl (C=O) groups is 5. The number of esters is 4. The lowest BCUT2D eigenvalue weighted by molar-refractivity contribution is -0.344. The van der Waals surface area contributed by atoms with Gasteiger partial charge in [0.25, 0.3) is 0 Å². The number of nitrogens with zero attached hydrogens (tertiary/aromatic N) is 1. The molecule has 0 aromatic heterocycles. The molecular formula is C56H51NO18S. The normalized spacial score (nSPS) is 24.5. The second-order valence-electron chi connectivity index (χ2n) is 17.5. The molecule has 3 heterocycles. The average molecular weight is 1060 g/mol. The first kappa shape index (κ1) is 52.9. The van der Waals surface area contributed by atoms with E-state index in [1.54, 1.807) is 127 Å². The minimum atomic E-state index is -4.91. The highest BCUT2D eigenvalue weighted by Gasteiger charge is 2.63. The van der Waals surface area contributed by atoms with E-state index in [1.165, 1.54) is 55.6 Å². The van der Waals surface area contributed by atoms with Crippen molar-refractivity contribution in [1.82, 2.24) is 4.31 Å². The number of hydrogen-bond donors (Lipinski definition) is 0. The van der Waals surface area contributed by atoms with Gasteiger partial charge in [-0.2, -0.15) is 8.42 Å². The highest BCUT2D eigenvalue weighted by atomic mass is 32.2. The molecule has 19 nitrogen and oxygen atoms in total. The fourth-order valence-corrected chi connectivity index (χ4v) is 10.2. The molecule has 0 saturated carbocycles. The summed E-state index contributed by atoms with van der Waals surface area (Å²) in [5.74, 6) is -3.82. The summed E-state index contributed by atoms with van der Waals surface area (Å²) in [6.07, 6.45) is -15.3. The van der Waals surface area contributed by atoms with Gasteiger partial charge in [0.2, 0.25) is 5.91 Å². The van der Waals surface area contributed by atoms with E-state index in [9.17, 15) is 32.4 Å². The monoisotopic (exact) mass is 1060 g/mol. The van der Waals surface area contributed by atoms with E-state index in [2.05, 4.69) is 0 Å². The topological polar surface area (TPSA) is 224 Å². The summed E-state index contributed by atoms with van der Waals surface area (Å²) in [6.45, 7) is -0.186. The molecule has 20 heteroatoms. The Morgan fingerprint density at radius 1 is 0.513 bits per heavy atom. The fourth-order valence-electron chi connectivity index (χ4n) is 8.78. The Morgan fingerprint density at radius 3 is 1.47 bits per heavy atom. The van der Waals surface area contributed by atoms with Gasteiger partial charge in [-0.15, -0.1) is 0 Å². The Bertz CT molecular complexity index is 3050. The Hall–Kier alpha value is -7.98. The van der Waals surface area contributed by atoms with Crippen LogP contribution in [-0.4, -0.2) is 124 Å². The standard InChI is InChI=1S/C56H51NO18S/c1-35(58)57-45-48(75-76(57,63)64)46(43(33-66-42-30-28-41(65-2)29-31-42)69-55(45)68-32-36-18-8-3-9-19-36)74-56-50(73-54(62)40-26-16-7-17-27-40)49(72-53(61)39-24-14-6-15-25-39)47(71-52(60)38-22-12-5-13-23-38)44(70-56)34-67-51(59)37-20-10-4-11-21-37/h3-31,43-50,55-56H,32-34H2,1-2H3/t43-,44-,45-,46-,47+,48+,49+,50-,55-,56+/m1/s1. The summed E-state index contributed by atoms with van der Waals surface area (Å²) in [6, 6.07) is 45.2. The minimum Gasteiger partial charge on any atom is -0.497 e. The number of rotatable bonds is 18. The number of amides is 1. The van der Waals surface area contributed by atoms with Crippen molar-refractivity contribution < 1.29 is 83.9 Å². The van der Waals surface area contributed by atoms with Crippen LogP contribution in [0.15, 0.2) is 176 Å².